The van der Waals surface area contributed by atoms with Gasteiger partial charge in [-0.1, -0.05) is 0 Å². The molecule has 0 radical (unpaired) electrons. The Balaban J connectivity index is 1.07. The van der Waals surface area contributed by atoms with E-state index in [1.54, 1.807) is 53.4 Å². The van der Waals surface area contributed by atoms with E-state index in [1.807, 2.05) is 0 Å². The molecule has 5 rings (SSSR count). The summed E-state index contributed by atoms with van der Waals surface area (Å²) in [6.07, 6.45) is 5.23. The van der Waals surface area contributed by atoms with Gasteiger partial charge in [0.05, 0.1) is 29.8 Å². The summed E-state index contributed by atoms with van der Waals surface area (Å²) in [5.41, 5.74) is 1.27. The lowest BCUT2D eigenvalue weighted by molar-refractivity contribution is 0.0771. The zero-order chi connectivity index (χ0) is 27.2. The van der Waals surface area contributed by atoms with Crippen molar-refractivity contribution in [2.24, 2.45) is 0 Å². The summed E-state index contributed by atoms with van der Waals surface area (Å²) >= 11 is 0. The van der Waals surface area contributed by atoms with Crippen molar-refractivity contribution in [1.82, 2.24) is 15.2 Å². The molecule has 1 N–H and O–H groups in total. The number of nitrogens with zero attached hydrogens (tertiary/aromatic N) is 3. The van der Waals surface area contributed by atoms with Crippen LogP contribution in [0.3, 0.4) is 0 Å². The number of rotatable bonds is 7. The van der Waals surface area contributed by atoms with Crippen molar-refractivity contribution in [3.63, 3.8) is 0 Å². The van der Waals surface area contributed by atoms with E-state index in [2.05, 4.69) is 16.4 Å². The maximum absolute atomic E-state index is 13.1. The van der Waals surface area contributed by atoms with Crippen LogP contribution in [0.15, 0.2) is 66.9 Å². The second-order valence-electron chi connectivity index (χ2n) is 9.87. The van der Waals surface area contributed by atoms with Crippen molar-refractivity contribution in [2.45, 2.75) is 50.4 Å². The molecule has 1 unspecified atom stereocenters. The molecule has 1 saturated carbocycles. The van der Waals surface area contributed by atoms with Gasteiger partial charge < -0.3 is 19.7 Å². The zero-order valence-electron chi connectivity index (χ0n) is 21.4. The van der Waals surface area contributed by atoms with Gasteiger partial charge in [0.1, 0.15) is 29.1 Å². The Morgan fingerprint density at radius 1 is 0.897 bits per heavy atom. The van der Waals surface area contributed by atoms with E-state index in [-0.39, 0.29) is 41.6 Å². The van der Waals surface area contributed by atoms with Crippen molar-refractivity contribution >= 4 is 11.8 Å². The third kappa shape index (κ3) is 6.71. The lowest BCUT2D eigenvalue weighted by atomic mass is 9.92. The summed E-state index contributed by atoms with van der Waals surface area (Å²) in [4.78, 5) is 31.6. The predicted molar refractivity (Wildman–Crippen MR) is 141 cm³/mol. The molecule has 0 spiro atoms. The normalized spacial score (nSPS) is 20.6. The largest absolute Gasteiger partial charge is 0.490 e. The number of carbonyl (C=O) groups is 2. The molecule has 1 saturated heterocycles. The third-order valence-electron chi connectivity index (χ3n) is 7.09. The van der Waals surface area contributed by atoms with Crippen LogP contribution in [0, 0.1) is 17.1 Å². The molecule has 1 aliphatic carbocycles. The summed E-state index contributed by atoms with van der Waals surface area (Å²) in [5.74, 6) is 0.554. The van der Waals surface area contributed by atoms with Crippen molar-refractivity contribution in [1.29, 1.82) is 5.26 Å². The molecular weight excluding hydrogens is 499 g/mol. The Bertz CT molecular complexity index is 1330. The molecule has 8 nitrogen and oxygen atoms in total. The molecule has 0 bridgehead atoms. The number of hydrogen-bond acceptors (Lipinski definition) is 6. The summed E-state index contributed by atoms with van der Waals surface area (Å²) in [6, 6.07) is 18.2. The van der Waals surface area contributed by atoms with Gasteiger partial charge in [0, 0.05) is 25.2 Å². The van der Waals surface area contributed by atoms with Gasteiger partial charge in [0.25, 0.3) is 11.8 Å². The van der Waals surface area contributed by atoms with E-state index in [0.29, 0.717) is 36.4 Å². The number of nitriles is 1. The Morgan fingerprint density at radius 3 is 2.21 bits per heavy atom. The molecule has 2 amide bonds. The number of carbonyl (C=O) groups excluding carboxylic acids is 2. The minimum absolute atomic E-state index is 0.0315. The van der Waals surface area contributed by atoms with E-state index in [0.717, 1.165) is 31.4 Å². The highest BCUT2D eigenvalue weighted by molar-refractivity contribution is 5.96. The van der Waals surface area contributed by atoms with Gasteiger partial charge in [-0.05, 0) is 86.3 Å². The molecule has 2 aliphatic rings. The van der Waals surface area contributed by atoms with Crippen LogP contribution in [-0.2, 0) is 0 Å². The van der Waals surface area contributed by atoms with Gasteiger partial charge in [-0.2, -0.15) is 5.26 Å². The lowest BCUT2D eigenvalue weighted by Gasteiger charge is -2.29. The van der Waals surface area contributed by atoms with E-state index in [1.165, 1.54) is 18.3 Å². The van der Waals surface area contributed by atoms with Crippen LogP contribution in [-0.4, -0.2) is 53.0 Å². The van der Waals surface area contributed by atoms with Gasteiger partial charge in [0.15, 0.2) is 0 Å². The fraction of sp³-hybridized carbons (Fsp3) is 0.333. The maximum Gasteiger partial charge on any atom is 0.270 e. The Kier molecular flexibility index (Phi) is 8.02. The number of ether oxygens (including phenoxy) is 2. The fourth-order valence-electron chi connectivity index (χ4n) is 4.94. The van der Waals surface area contributed by atoms with Crippen LogP contribution in [0.2, 0.25) is 0 Å². The molecule has 9 heteroatoms. The van der Waals surface area contributed by atoms with Gasteiger partial charge in [-0.15, -0.1) is 0 Å². The van der Waals surface area contributed by atoms with E-state index in [4.69, 9.17) is 14.7 Å². The van der Waals surface area contributed by atoms with Crippen LogP contribution in [0.25, 0.3) is 0 Å². The van der Waals surface area contributed by atoms with Gasteiger partial charge in [0.2, 0.25) is 0 Å². The highest BCUT2D eigenvalue weighted by Crippen LogP contribution is 2.25. The molecule has 2 aromatic carbocycles. The molecular formula is C30H29FN4O4. The number of aromatic nitrogens is 1. The average molecular weight is 529 g/mol. The Labute approximate surface area is 226 Å². The van der Waals surface area contributed by atoms with Gasteiger partial charge >= 0.3 is 0 Å². The first kappa shape index (κ1) is 26.2. The Morgan fingerprint density at radius 2 is 1.56 bits per heavy atom. The summed E-state index contributed by atoms with van der Waals surface area (Å²) in [6.45, 7) is 0.973. The van der Waals surface area contributed by atoms with Gasteiger partial charge in [-0.3, -0.25) is 14.6 Å². The van der Waals surface area contributed by atoms with Crippen molar-refractivity contribution < 1.29 is 23.5 Å². The van der Waals surface area contributed by atoms with Gasteiger partial charge in [-0.25, -0.2) is 4.39 Å². The molecule has 1 aromatic heterocycles. The first-order valence-corrected chi connectivity index (χ1v) is 13.1. The van der Waals surface area contributed by atoms with Crippen molar-refractivity contribution in [3.05, 3.63) is 89.5 Å². The van der Waals surface area contributed by atoms with E-state index < -0.39 is 0 Å². The minimum Gasteiger partial charge on any atom is -0.490 e. The number of halogens is 1. The van der Waals surface area contributed by atoms with Crippen LogP contribution < -0.4 is 14.8 Å². The number of hydrogen-bond donors (Lipinski definition) is 1. The Hall–Kier alpha value is -4.45. The van der Waals surface area contributed by atoms with Crippen LogP contribution >= 0.6 is 0 Å². The topological polar surface area (TPSA) is 105 Å². The minimum atomic E-state index is -0.326. The maximum atomic E-state index is 13.1. The fourth-order valence-corrected chi connectivity index (χ4v) is 4.94. The number of benzene rings is 2. The standard InChI is InChI=1S/C30H29FN4O4/c31-22-4-10-25(11-5-22)39-27-15-16-35(19-27)30(37)21-3-14-28(33-18-21)29(36)34-23-6-12-26(13-7-23)38-24-8-1-20(17-32)2-9-24/h1-5,8-11,14,18,23,26-27H,6-7,12-13,15-16,19H2,(H,34,36). The van der Waals surface area contributed by atoms with Crippen molar-refractivity contribution in [2.75, 3.05) is 13.1 Å². The van der Waals surface area contributed by atoms with E-state index in [9.17, 15) is 14.0 Å². The molecule has 1 aliphatic heterocycles. The SMILES string of the molecule is N#Cc1ccc(OC2CCC(NC(=O)c3ccc(C(=O)N4CCC(Oc5ccc(F)cc5)C4)cn3)CC2)cc1. The molecule has 2 heterocycles. The monoisotopic (exact) mass is 528 g/mol. The number of amides is 2. The summed E-state index contributed by atoms with van der Waals surface area (Å²) < 4.78 is 25.0. The highest BCUT2D eigenvalue weighted by atomic mass is 19.1. The highest BCUT2D eigenvalue weighted by Gasteiger charge is 2.29. The summed E-state index contributed by atoms with van der Waals surface area (Å²) in [7, 11) is 0. The lowest BCUT2D eigenvalue weighted by Crippen LogP contribution is -2.40. The summed E-state index contributed by atoms with van der Waals surface area (Å²) in [5, 5.41) is 12.0. The first-order chi connectivity index (χ1) is 19.0. The molecule has 2 fully saturated rings. The van der Waals surface area contributed by atoms with Crippen LogP contribution in [0.1, 0.15) is 58.5 Å². The predicted octanol–water partition coefficient (Wildman–Crippen LogP) is 4.51. The number of pyridine rings is 1. The smallest absolute Gasteiger partial charge is 0.270 e. The molecule has 1 atom stereocenters. The van der Waals surface area contributed by atoms with Crippen LogP contribution in [0.4, 0.5) is 4.39 Å². The number of likely N-dealkylation sites (tertiary alicyclic amines) is 1. The first-order valence-electron chi connectivity index (χ1n) is 13.1. The second kappa shape index (κ2) is 11.9. The van der Waals surface area contributed by atoms with Crippen molar-refractivity contribution in [3.8, 4) is 17.6 Å². The number of nitrogens with one attached hydrogen (secondary N) is 1. The van der Waals surface area contributed by atoms with E-state index >= 15 is 0 Å². The third-order valence-corrected chi connectivity index (χ3v) is 7.09. The quantitative estimate of drug-likeness (QED) is 0.484. The molecule has 3 aromatic rings. The van der Waals surface area contributed by atoms with Crippen LogP contribution in [0.5, 0.6) is 11.5 Å². The molecule has 39 heavy (non-hydrogen) atoms. The average Bonchev–Trinajstić information content (AvgIpc) is 3.44. The molecule has 200 valence electrons. The zero-order valence-corrected chi connectivity index (χ0v) is 21.4. The second-order valence-corrected chi connectivity index (χ2v) is 9.87.